The normalized spacial score (nSPS) is 12.2. The molecule has 0 fully saturated rings. The fourth-order valence-corrected chi connectivity index (χ4v) is 2.61. The Kier molecular flexibility index (Phi) is 5.21. The van der Waals surface area contributed by atoms with Gasteiger partial charge in [0.15, 0.2) is 0 Å². The molecule has 0 bridgehead atoms. The quantitative estimate of drug-likeness (QED) is 0.878. The van der Waals surface area contributed by atoms with Crippen LogP contribution in [0, 0.1) is 12.7 Å². The summed E-state index contributed by atoms with van der Waals surface area (Å²) < 4.78 is 18.6. The molecule has 0 saturated carbocycles. The van der Waals surface area contributed by atoms with Gasteiger partial charge in [-0.05, 0) is 48.4 Å². The molecular weight excluding hydrogens is 289 g/mol. The number of halogens is 2. The maximum absolute atomic E-state index is 13.5. The van der Waals surface area contributed by atoms with Crippen molar-refractivity contribution in [3.8, 4) is 5.75 Å². The van der Waals surface area contributed by atoms with Crippen LogP contribution in [-0.4, -0.2) is 13.7 Å². The highest BCUT2D eigenvalue weighted by molar-refractivity contribution is 6.32. The SMILES string of the molecule is CCNC(c1ccc(F)c(C)c1)c1ccc(OC)c(Cl)c1. The molecule has 0 aliphatic heterocycles. The number of aryl methyl sites for hydroxylation is 1. The van der Waals surface area contributed by atoms with Gasteiger partial charge >= 0.3 is 0 Å². The third-order valence-corrected chi connectivity index (χ3v) is 3.73. The van der Waals surface area contributed by atoms with E-state index in [4.69, 9.17) is 16.3 Å². The third kappa shape index (κ3) is 3.55. The summed E-state index contributed by atoms with van der Waals surface area (Å²) in [6.07, 6.45) is 0. The first-order chi connectivity index (χ1) is 10.1. The Morgan fingerprint density at radius 2 is 1.86 bits per heavy atom. The fourth-order valence-electron chi connectivity index (χ4n) is 2.34. The van der Waals surface area contributed by atoms with Crippen LogP contribution in [-0.2, 0) is 0 Å². The summed E-state index contributed by atoms with van der Waals surface area (Å²) >= 11 is 6.20. The van der Waals surface area contributed by atoms with E-state index in [9.17, 15) is 4.39 Å². The van der Waals surface area contributed by atoms with Gasteiger partial charge in [0.2, 0.25) is 0 Å². The van der Waals surface area contributed by atoms with E-state index < -0.39 is 0 Å². The van der Waals surface area contributed by atoms with Crippen molar-refractivity contribution in [3.05, 3.63) is 63.9 Å². The van der Waals surface area contributed by atoms with Crippen LogP contribution in [0.4, 0.5) is 4.39 Å². The van der Waals surface area contributed by atoms with Crippen LogP contribution in [0.25, 0.3) is 0 Å². The molecular formula is C17H19ClFNO. The third-order valence-electron chi connectivity index (χ3n) is 3.43. The summed E-state index contributed by atoms with van der Waals surface area (Å²) in [6, 6.07) is 10.8. The highest BCUT2D eigenvalue weighted by atomic mass is 35.5. The van der Waals surface area contributed by atoms with Gasteiger partial charge in [-0.15, -0.1) is 0 Å². The summed E-state index contributed by atoms with van der Waals surface area (Å²) in [5, 5.41) is 3.97. The van der Waals surface area contributed by atoms with Crippen LogP contribution in [0.3, 0.4) is 0 Å². The van der Waals surface area contributed by atoms with E-state index in [-0.39, 0.29) is 11.9 Å². The Morgan fingerprint density at radius 1 is 1.19 bits per heavy atom. The largest absolute Gasteiger partial charge is 0.495 e. The van der Waals surface area contributed by atoms with Crippen LogP contribution in [0.2, 0.25) is 5.02 Å². The van der Waals surface area contributed by atoms with Crippen molar-refractivity contribution in [3.63, 3.8) is 0 Å². The first kappa shape index (κ1) is 15.8. The van der Waals surface area contributed by atoms with E-state index >= 15 is 0 Å². The van der Waals surface area contributed by atoms with Crippen molar-refractivity contribution in [1.29, 1.82) is 0 Å². The molecule has 112 valence electrons. The maximum atomic E-state index is 13.5. The Balaban J connectivity index is 2.42. The molecule has 1 N–H and O–H groups in total. The van der Waals surface area contributed by atoms with Gasteiger partial charge in [-0.25, -0.2) is 4.39 Å². The minimum absolute atomic E-state index is 0.0299. The number of nitrogens with one attached hydrogen (secondary N) is 1. The Bertz CT molecular complexity index is 630. The van der Waals surface area contributed by atoms with Crippen molar-refractivity contribution in [2.45, 2.75) is 19.9 Å². The second-order valence-electron chi connectivity index (χ2n) is 4.89. The topological polar surface area (TPSA) is 21.3 Å². The van der Waals surface area contributed by atoms with E-state index in [0.717, 1.165) is 17.7 Å². The first-order valence-corrected chi connectivity index (χ1v) is 7.27. The molecule has 4 heteroatoms. The van der Waals surface area contributed by atoms with Crippen LogP contribution in [0.5, 0.6) is 5.75 Å². The molecule has 1 unspecified atom stereocenters. The van der Waals surface area contributed by atoms with Gasteiger partial charge in [-0.2, -0.15) is 0 Å². The summed E-state index contributed by atoms with van der Waals surface area (Å²) in [4.78, 5) is 0. The zero-order valence-electron chi connectivity index (χ0n) is 12.4. The van der Waals surface area contributed by atoms with Gasteiger partial charge < -0.3 is 10.1 Å². The number of benzene rings is 2. The predicted octanol–water partition coefficient (Wildman–Crippen LogP) is 4.50. The van der Waals surface area contributed by atoms with Crippen LogP contribution >= 0.6 is 11.6 Å². The Labute approximate surface area is 129 Å². The average molecular weight is 308 g/mol. The molecule has 2 nitrogen and oxygen atoms in total. The smallest absolute Gasteiger partial charge is 0.137 e. The van der Waals surface area contributed by atoms with E-state index in [1.807, 2.05) is 31.2 Å². The number of ether oxygens (including phenoxy) is 1. The van der Waals surface area contributed by atoms with Gasteiger partial charge in [0.1, 0.15) is 11.6 Å². The summed E-state index contributed by atoms with van der Waals surface area (Å²) in [5.41, 5.74) is 2.67. The lowest BCUT2D eigenvalue weighted by molar-refractivity contribution is 0.414. The molecule has 0 saturated heterocycles. The van der Waals surface area contributed by atoms with Crippen molar-refractivity contribution in [2.24, 2.45) is 0 Å². The molecule has 0 aromatic heterocycles. The fraction of sp³-hybridized carbons (Fsp3) is 0.294. The number of rotatable bonds is 5. The second-order valence-corrected chi connectivity index (χ2v) is 5.30. The van der Waals surface area contributed by atoms with Gasteiger partial charge in [-0.3, -0.25) is 0 Å². The number of methoxy groups -OCH3 is 1. The molecule has 0 amide bonds. The standard InChI is InChI=1S/C17H19ClFNO/c1-4-20-17(12-5-7-15(19)11(2)9-12)13-6-8-16(21-3)14(18)10-13/h5-10,17,20H,4H2,1-3H3. The minimum atomic E-state index is -0.193. The van der Waals surface area contributed by atoms with Crippen molar-refractivity contribution < 1.29 is 9.13 Å². The molecule has 0 aliphatic rings. The van der Waals surface area contributed by atoms with Crippen LogP contribution in [0.1, 0.15) is 29.7 Å². The lowest BCUT2D eigenvalue weighted by atomic mass is 9.97. The lowest BCUT2D eigenvalue weighted by Crippen LogP contribution is -2.22. The molecule has 2 rings (SSSR count). The predicted molar refractivity (Wildman–Crippen MR) is 84.7 cm³/mol. The first-order valence-electron chi connectivity index (χ1n) is 6.89. The van der Waals surface area contributed by atoms with E-state index in [2.05, 4.69) is 5.32 Å². The summed E-state index contributed by atoms with van der Waals surface area (Å²) in [5.74, 6) is 0.452. The average Bonchev–Trinajstić information content (AvgIpc) is 2.48. The second kappa shape index (κ2) is 6.92. The molecule has 2 aromatic rings. The van der Waals surface area contributed by atoms with Crippen molar-refractivity contribution in [1.82, 2.24) is 5.32 Å². The van der Waals surface area contributed by atoms with Gasteiger partial charge in [-0.1, -0.05) is 36.7 Å². The molecule has 0 heterocycles. The summed E-state index contributed by atoms with van der Waals surface area (Å²) in [6.45, 7) is 4.60. The monoisotopic (exact) mass is 307 g/mol. The van der Waals surface area contributed by atoms with Crippen molar-refractivity contribution >= 4 is 11.6 Å². The van der Waals surface area contributed by atoms with Crippen molar-refractivity contribution in [2.75, 3.05) is 13.7 Å². The van der Waals surface area contributed by atoms with E-state index in [0.29, 0.717) is 16.3 Å². The molecule has 1 atom stereocenters. The van der Waals surface area contributed by atoms with E-state index in [1.165, 1.54) is 6.07 Å². The van der Waals surface area contributed by atoms with Gasteiger partial charge in [0.25, 0.3) is 0 Å². The number of hydrogen-bond acceptors (Lipinski definition) is 2. The Hall–Kier alpha value is -1.58. The molecule has 2 aromatic carbocycles. The highest BCUT2D eigenvalue weighted by Crippen LogP contribution is 2.30. The Morgan fingerprint density at radius 3 is 2.43 bits per heavy atom. The molecule has 0 radical (unpaired) electrons. The van der Waals surface area contributed by atoms with Gasteiger partial charge in [0.05, 0.1) is 18.2 Å². The van der Waals surface area contributed by atoms with Gasteiger partial charge in [0, 0.05) is 0 Å². The van der Waals surface area contributed by atoms with Crippen LogP contribution < -0.4 is 10.1 Å². The zero-order chi connectivity index (χ0) is 15.4. The number of hydrogen-bond donors (Lipinski definition) is 1. The molecule has 21 heavy (non-hydrogen) atoms. The lowest BCUT2D eigenvalue weighted by Gasteiger charge is -2.20. The highest BCUT2D eigenvalue weighted by Gasteiger charge is 2.15. The van der Waals surface area contributed by atoms with E-state index in [1.54, 1.807) is 20.1 Å². The zero-order valence-corrected chi connectivity index (χ0v) is 13.2. The molecule has 0 aliphatic carbocycles. The summed E-state index contributed by atoms with van der Waals surface area (Å²) in [7, 11) is 1.59. The maximum Gasteiger partial charge on any atom is 0.137 e. The minimum Gasteiger partial charge on any atom is -0.495 e. The van der Waals surface area contributed by atoms with Crippen LogP contribution in [0.15, 0.2) is 36.4 Å². The molecule has 0 spiro atoms.